The van der Waals surface area contributed by atoms with Gasteiger partial charge in [0.2, 0.25) is 0 Å². The largest absolute Gasteiger partial charge is 0.360 e. The van der Waals surface area contributed by atoms with Crippen LogP contribution in [-0.2, 0) is 0 Å². The van der Waals surface area contributed by atoms with E-state index in [1.54, 1.807) is 6.20 Å². The molecule has 3 rings (SSSR count). The lowest BCUT2D eigenvalue weighted by Gasteiger charge is -2.06. The molecule has 1 aromatic heterocycles. The molecule has 6 heteroatoms. The van der Waals surface area contributed by atoms with Crippen molar-refractivity contribution in [3.63, 3.8) is 0 Å². The van der Waals surface area contributed by atoms with E-state index in [1.807, 2.05) is 54.8 Å². The Kier molecular flexibility index (Phi) is 5.54. The van der Waals surface area contributed by atoms with Crippen LogP contribution in [0.5, 0.6) is 0 Å². The molecule has 3 nitrogen and oxygen atoms in total. The van der Waals surface area contributed by atoms with Crippen LogP contribution < -0.4 is 5.32 Å². The van der Waals surface area contributed by atoms with Gasteiger partial charge in [-0.1, -0.05) is 39.7 Å². The maximum absolute atomic E-state index is 9.47. The van der Waals surface area contributed by atoms with Crippen LogP contribution in [-0.4, -0.2) is 4.98 Å². The van der Waals surface area contributed by atoms with Crippen molar-refractivity contribution in [2.24, 2.45) is 0 Å². The fraction of sp³-hybridized carbons (Fsp3) is 0.0526. The van der Waals surface area contributed by atoms with Crippen molar-refractivity contribution < 1.29 is 0 Å². The van der Waals surface area contributed by atoms with Crippen molar-refractivity contribution >= 4 is 50.1 Å². The molecule has 3 aromatic rings. The molecule has 0 aliphatic carbocycles. The number of anilines is 1. The average Bonchev–Trinajstić information content (AvgIpc) is 3.07. The molecule has 124 valence electrons. The molecule has 0 spiro atoms. The Morgan fingerprint density at radius 1 is 1.28 bits per heavy atom. The van der Waals surface area contributed by atoms with Crippen molar-refractivity contribution in [3.8, 4) is 17.3 Å². The summed E-state index contributed by atoms with van der Waals surface area (Å²) in [4.78, 5) is 4.57. The average molecular weight is 431 g/mol. The molecule has 0 amide bonds. The maximum atomic E-state index is 9.47. The summed E-state index contributed by atoms with van der Waals surface area (Å²) in [5.74, 6) is 0. The third-order valence-electron chi connectivity index (χ3n) is 3.56. The molecular formula is C19H13BrClN3S. The van der Waals surface area contributed by atoms with Crippen molar-refractivity contribution in [3.05, 3.63) is 74.1 Å². The van der Waals surface area contributed by atoms with Crippen LogP contribution in [0.3, 0.4) is 0 Å². The van der Waals surface area contributed by atoms with E-state index in [9.17, 15) is 5.26 Å². The second kappa shape index (κ2) is 7.83. The van der Waals surface area contributed by atoms with Crippen molar-refractivity contribution in [1.82, 2.24) is 4.98 Å². The molecule has 0 aliphatic heterocycles. The maximum Gasteiger partial charge on any atom is 0.136 e. The number of aromatic nitrogens is 1. The number of halogens is 2. The highest BCUT2D eigenvalue weighted by Gasteiger charge is 2.09. The van der Waals surface area contributed by atoms with Crippen LogP contribution in [0.2, 0.25) is 5.02 Å². The van der Waals surface area contributed by atoms with E-state index in [-0.39, 0.29) is 0 Å². The highest BCUT2D eigenvalue weighted by atomic mass is 79.9. The fourth-order valence-electron chi connectivity index (χ4n) is 2.23. The van der Waals surface area contributed by atoms with Gasteiger partial charge in [-0.05, 0) is 42.8 Å². The monoisotopic (exact) mass is 429 g/mol. The van der Waals surface area contributed by atoms with Crippen LogP contribution in [0.25, 0.3) is 16.8 Å². The molecule has 0 aliphatic rings. The minimum Gasteiger partial charge on any atom is -0.360 e. The number of nitrogens with zero attached hydrogens (tertiary/aromatic N) is 2. The topological polar surface area (TPSA) is 48.7 Å². The molecule has 0 unspecified atom stereocenters. The summed E-state index contributed by atoms with van der Waals surface area (Å²) in [6, 6.07) is 15.6. The summed E-state index contributed by atoms with van der Waals surface area (Å²) in [7, 11) is 0. The first-order valence-electron chi connectivity index (χ1n) is 7.41. The number of nitrogens with one attached hydrogen (secondary N) is 1. The van der Waals surface area contributed by atoms with Crippen molar-refractivity contribution in [2.45, 2.75) is 6.92 Å². The Morgan fingerprint density at radius 3 is 2.72 bits per heavy atom. The zero-order valence-corrected chi connectivity index (χ0v) is 16.4. The number of hydrogen-bond acceptors (Lipinski definition) is 4. The van der Waals surface area contributed by atoms with Gasteiger partial charge in [-0.15, -0.1) is 11.3 Å². The Morgan fingerprint density at radius 2 is 2.04 bits per heavy atom. The summed E-state index contributed by atoms with van der Waals surface area (Å²) in [5, 5.41) is 16.0. The molecule has 0 radical (unpaired) electrons. The lowest BCUT2D eigenvalue weighted by Crippen LogP contribution is -1.93. The van der Waals surface area contributed by atoms with Gasteiger partial charge >= 0.3 is 0 Å². The van der Waals surface area contributed by atoms with E-state index in [2.05, 4.69) is 32.3 Å². The molecule has 0 atom stereocenters. The van der Waals surface area contributed by atoms with Crippen LogP contribution in [0.4, 0.5) is 5.69 Å². The zero-order valence-electron chi connectivity index (χ0n) is 13.3. The van der Waals surface area contributed by atoms with Gasteiger partial charge in [0, 0.05) is 32.3 Å². The first kappa shape index (κ1) is 17.7. The van der Waals surface area contributed by atoms with Gasteiger partial charge in [-0.2, -0.15) is 5.26 Å². The van der Waals surface area contributed by atoms with E-state index in [0.717, 1.165) is 27.0 Å². The highest BCUT2D eigenvalue weighted by molar-refractivity contribution is 9.10. The Hall–Kier alpha value is -2.13. The van der Waals surface area contributed by atoms with Crippen LogP contribution in [0.15, 0.2) is 58.5 Å². The predicted molar refractivity (Wildman–Crippen MR) is 109 cm³/mol. The van der Waals surface area contributed by atoms with Crippen LogP contribution in [0.1, 0.15) is 10.6 Å². The Balaban J connectivity index is 1.84. The SMILES string of the molecule is Cc1cc(Br)ccc1N/C=C(/C#N)c1nc(-c2ccc(Cl)cc2)cs1. The predicted octanol–water partition coefficient (Wildman–Crippen LogP) is 6.51. The third-order valence-corrected chi connectivity index (χ3v) is 5.18. The molecule has 0 fully saturated rings. The van der Waals surface area contributed by atoms with Crippen molar-refractivity contribution in [1.29, 1.82) is 5.26 Å². The molecule has 1 heterocycles. The van der Waals surface area contributed by atoms with E-state index < -0.39 is 0 Å². The molecular weight excluding hydrogens is 418 g/mol. The van der Waals surface area contributed by atoms with Gasteiger partial charge in [-0.25, -0.2) is 4.98 Å². The standard InChI is InChI=1S/C19H13BrClN3S/c1-12-8-15(20)4-7-17(12)23-10-14(9-22)19-24-18(11-25-19)13-2-5-16(21)6-3-13/h2-8,10-11,23H,1H3/b14-10-. The summed E-state index contributed by atoms with van der Waals surface area (Å²) >= 11 is 10.8. The number of hydrogen-bond donors (Lipinski definition) is 1. The second-order valence-electron chi connectivity index (χ2n) is 5.32. The fourth-order valence-corrected chi connectivity index (χ4v) is 3.63. The zero-order chi connectivity index (χ0) is 17.8. The van der Waals surface area contributed by atoms with Gasteiger partial charge < -0.3 is 5.32 Å². The molecule has 0 saturated carbocycles. The van der Waals surface area contributed by atoms with E-state index in [1.165, 1.54) is 11.3 Å². The smallest absolute Gasteiger partial charge is 0.136 e. The summed E-state index contributed by atoms with van der Waals surface area (Å²) in [6.07, 6.45) is 1.70. The van der Waals surface area contributed by atoms with E-state index >= 15 is 0 Å². The number of rotatable bonds is 4. The minimum absolute atomic E-state index is 0.493. The summed E-state index contributed by atoms with van der Waals surface area (Å²) in [6.45, 7) is 2.01. The lowest BCUT2D eigenvalue weighted by molar-refractivity contribution is 1.36. The number of allylic oxidation sites excluding steroid dienone is 1. The molecule has 1 N–H and O–H groups in total. The van der Waals surface area contributed by atoms with Gasteiger partial charge in [0.15, 0.2) is 0 Å². The number of aryl methyl sites for hydroxylation is 1. The second-order valence-corrected chi connectivity index (χ2v) is 7.53. The van der Waals surface area contributed by atoms with Crippen LogP contribution >= 0.6 is 38.9 Å². The highest BCUT2D eigenvalue weighted by Crippen LogP contribution is 2.27. The molecule has 0 bridgehead atoms. The number of thiazole rings is 1. The summed E-state index contributed by atoms with van der Waals surface area (Å²) < 4.78 is 1.02. The molecule has 0 saturated heterocycles. The van der Waals surface area contributed by atoms with Crippen molar-refractivity contribution in [2.75, 3.05) is 5.32 Å². The van der Waals surface area contributed by atoms with E-state index in [0.29, 0.717) is 15.6 Å². The first-order chi connectivity index (χ1) is 12.1. The third kappa shape index (κ3) is 4.29. The lowest BCUT2D eigenvalue weighted by atomic mass is 10.2. The number of benzene rings is 2. The quantitative estimate of drug-likeness (QED) is 0.480. The Labute approximate surface area is 163 Å². The van der Waals surface area contributed by atoms with E-state index in [4.69, 9.17) is 11.6 Å². The van der Waals surface area contributed by atoms with Gasteiger partial charge in [0.05, 0.1) is 5.69 Å². The molecule has 2 aromatic carbocycles. The number of nitriles is 1. The molecule has 25 heavy (non-hydrogen) atoms. The summed E-state index contributed by atoms with van der Waals surface area (Å²) in [5.41, 5.74) is 4.33. The Bertz CT molecular complexity index is 971. The first-order valence-corrected chi connectivity index (χ1v) is 9.46. The van der Waals surface area contributed by atoms with Gasteiger partial charge in [0.25, 0.3) is 0 Å². The minimum atomic E-state index is 0.493. The van der Waals surface area contributed by atoms with Gasteiger partial charge in [-0.3, -0.25) is 0 Å². The van der Waals surface area contributed by atoms with Crippen LogP contribution in [0, 0.1) is 18.3 Å². The normalized spacial score (nSPS) is 11.2. The van der Waals surface area contributed by atoms with Gasteiger partial charge in [0.1, 0.15) is 16.6 Å².